The minimum atomic E-state index is 0.742. The van der Waals surface area contributed by atoms with Crippen LogP contribution >= 0.6 is 0 Å². The number of anilines is 1. The number of rotatable bonds is 6. The van der Waals surface area contributed by atoms with Crippen molar-refractivity contribution in [3.8, 4) is 11.1 Å². The molecule has 25 heavy (non-hydrogen) atoms. The predicted molar refractivity (Wildman–Crippen MR) is 102 cm³/mol. The smallest absolute Gasteiger partial charge is 0.150 e. The first-order valence-electron chi connectivity index (χ1n) is 8.94. The van der Waals surface area contributed by atoms with Crippen LogP contribution in [0, 0.1) is 6.92 Å². The second-order valence-corrected chi connectivity index (χ2v) is 6.47. The van der Waals surface area contributed by atoms with E-state index in [0.29, 0.717) is 0 Å². The van der Waals surface area contributed by atoms with E-state index in [9.17, 15) is 4.79 Å². The monoisotopic (exact) mass is 338 g/mol. The molecule has 0 radical (unpaired) electrons. The number of benzene rings is 2. The first kappa shape index (κ1) is 17.6. The molecule has 0 aliphatic carbocycles. The summed E-state index contributed by atoms with van der Waals surface area (Å²) >= 11 is 0. The van der Waals surface area contributed by atoms with Gasteiger partial charge in [0.25, 0.3) is 0 Å². The zero-order valence-electron chi connectivity index (χ0n) is 15.0. The Kier molecular flexibility index (Phi) is 5.84. The van der Waals surface area contributed by atoms with Crippen LogP contribution in [0.3, 0.4) is 0 Å². The molecule has 1 fully saturated rings. The van der Waals surface area contributed by atoms with Crippen molar-refractivity contribution in [2.45, 2.75) is 20.4 Å². The van der Waals surface area contributed by atoms with Crippen LogP contribution in [0.4, 0.5) is 5.69 Å². The van der Waals surface area contributed by atoms with Crippen molar-refractivity contribution in [2.24, 2.45) is 0 Å². The van der Waals surface area contributed by atoms with Gasteiger partial charge < -0.3 is 10.1 Å². The molecule has 1 aliphatic heterocycles. The molecular formula is C21H26N2O2. The van der Waals surface area contributed by atoms with Gasteiger partial charge in [0.15, 0.2) is 0 Å². The van der Waals surface area contributed by atoms with E-state index < -0.39 is 0 Å². The number of hydrogen-bond acceptors (Lipinski definition) is 4. The van der Waals surface area contributed by atoms with Crippen molar-refractivity contribution in [1.29, 1.82) is 0 Å². The van der Waals surface area contributed by atoms with E-state index in [2.05, 4.69) is 47.5 Å². The first-order chi connectivity index (χ1) is 12.2. The summed E-state index contributed by atoms with van der Waals surface area (Å²) in [5.41, 5.74) is 6.28. The molecule has 0 bridgehead atoms. The molecule has 1 saturated heterocycles. The summed E-state index contributed by atoms with van der Waals surface area (Å²) in [5, 5.41) is 3.35. The molecule has 4 heteroatoms. The third-order valence-electron chi connectivity index (χ3n) is 4.74. The van der Waals surface area contributed by atoms with Gasteiger partial charge in [0.1, 0.15) is 6.29 Å². The molecule has 132 valence electrons. The normalized spacial score (nSPS) is 15.1. The van der Waals surface area contributed by atoms with Gasteiger partial charge >= 0.3 is 0 Å². The van der Waals surface area contributed by atoms with Gasteiger partial charge in [-0.15, -0.1) is 0 Å². The van der Waals surface area contributed by atoms with Gasteiger partial charge in [-0.25, -0.2) is 0 Å². The molecule has 0 spiro atoms. The summed E-state index contributed by atoms with van der Waals surface area (Å²) in [5.74, 6) is 0. The summed E-state index contributed by atoms with van der Waals surface area (Å²) in [4.78, 5) is 13.8. The summed E-state index contributed by atoms with van der Waals surface area (Å²) < 4.78 is 5.40. The highest BCUT2D eigenvalue weighted by atomic mass is 16.5. The van der Waals surface area contributed by atoms with Crippen LogP contribution in [0.1, 0.15) is 28.4 Å². The van der Waals surface area contributed by atoms with Crippen LogP contribution < -0.4 is 5.32 Å². The first-order valence-corrected chi connectivity index (χ1v) is 8.94. The molecule has 0 amide bonds. The Morgan fingerprint density at radius 1 is 1.12 bits per heavy atom. The van der Waals surface area contributed by atoms with E-state index >= 15 is 0 Å². The fraction of sp³-hybridized carbons (Fsp3) is 0.381. The fourth-order valence-corrected chi connectivity index (χ4v) is 3.22. The van der Waals surface area contributed by atoms with Crippen molar-refractivity contribution in [1.82, 2.24) is 4.90 Å². The maximum absolute atomic E-state index is 11.4. The average Bonchev–Trinajstić information content (AvgIpc) is 2.65. The maximum atomic E-state index is 11.4. The van der Waals surface area contributed by atoms with Gasteiger partial charge in [-0.1, -0.05) is 24.3 Å². The van der Waals surface area contributed by atoms with Crippen molar-refractivity contribution < 1.29 is 9.53 Å². The molecule has 3 rings (SSSR count). The van der Waals surface area contributed by atoms with Crippen molar-refractivity contribution in [3.05, 3.63) is 53.1 Å². The number of aldehydes is 1. The van der Waals surface area contributed by atoms with Gasteiger partial charge in [0.05, 0.1) is 13.2 Å². The zero-order valence-corrected chi connectivity index (χ0v) is 15.0. The number of carbonyl (C=O) groups is 1. The maximum Gasteiger partial charge on any atom is 0.150 e. The molecule has 0 atom stereocenters. The summed E-state index contributed by atoms with van der Waals surface area (Å²) in [6.07, 6.45) is 0.937. The van der Waals surface area contributed by atoms with E-state index in [4.69, 9.17) is 4.74 Å². The summed E-state index contributed by atoms with van der Waals surface area (Å²) in [7, 11) is 0. The van der Waals surface area contributed by atoms with Crippen molar-refractivity contribution >= 4 is 12.0 Å². The lowest BCUT2D eigenvalue weighted by molar-refractivity contribution is 0.0342. The van der Waals surface area contributed by atoms with E-state index in [-0.39, 0.29) is 0 Å². The van der Waals surface area contributed by atoms with Gasteiger partial charge in [-0.05, 0) is 48.2 Å². The molecule has 0 unspecified atom stereocenters. The molecule has 0 saturated carbocycles. The number of morpholine rings is 1. The molecule has 1 aliphatic rings. The SMILES string of the molecule is CCNc1cc(-c2ccc(CN3CCOCC3)cc2)cc(C=O)c1C. The summed E-state index contributed by atoms with van der Waals surface area (Å²) in [6.45, 7) is 9.47. The fourth-order valence-electron chi connectivity index (χ4n) is 3.22. The van der Waals surface area contributed by atoms with Gasteiger partial charge in [0.2, 0.25) is 0 Å². The van der Waals surface area contributed by atoms with Crippen LogP contribution in [0.25, 0.3) is 11.1 Å². The lowest BCUT2D eigenvalue weighted by Gasteiger charge is -2.26. The average molecular weight is 338 g/mol. The Bertz CT molecular complexity index is 719. The van der Waals surface area contributed by atoms with Gasteiger partial charge in [0, 0.05) is 37.4 Å². The number of nitrogens with one attached hydrogen (secondary N) is 1. The van der Waals surface area contributed by atoms with E-state index in [1.165, 1.54) is 5.56 Å². The molecule has 2 aromatic carbocycles. The molecule has 0 aromatic heterocycles. The van der Waals surface area contributed by atoms with Gasteiger partial charge in [-0.3, -0.25) is 9.69 Å². The quantitative estimate of drug-likeness (QED) is 0.815. The van der Waals surface area contributed by atoms with Crippen LogP contribution in [0.2, 0.25) is 0 Å². The third-order valence-corrected chi connectivity index (χ3v) is 4.74. The van der Waals surface area contributed by atoms with Crippen molar-refractivity contribution in [3.63, 3.8) is 0 Å². The largest absolute Gasteiger partial charge is 0.385 e. The number of nitrogens with zero attached hydrogens (tertiary/aromatic N) is 1. The number of carbonyl (C=O) groups excluding carboxylic acids is 1. The van der Waals surface area contributed by atoms with Gasteiger partial charge in [-0.2, -0.15) is 0 Å². The number of ether oxygens (including phenoxy) is 1. The molecule has 4 nitrogen and oxygen atoms in total. The molecule has 1 N–H and O–H groups in total. The second-order valence-electron chi connectivity index (χ2n) is 6.47. The summed E-state index contributed by atoms with van der Waals surface area (Å²) in [6, 6.07) is 12.7. The van der Waals surface area contributed by atoms with Crippen LogP contribution in [0.15, 0.2) is 36.4 Å². The Balaban J connectivity index is 1.81. The third kappa shape index (κ3) is 4.27. The van der Waals surface area contributed by atoms with Crippen LogP contribution in [-0.4, -0.2) is 44.0 Å². The van der Waals surface area contributed by atoms with Crippen LogP contribution in [-0.2, 0) is 11.3 Å². The highest BCUT2D eigenvalue weighted by Gasteiger charge is 2.11. The minimum Gasteiger partial charge on any atom is -0.385 e. The Morgan fingerprint density at radius 3 is 2.48 bits per heavy atom. The second kappa shape index (κ2) is 8.28. The topological polar surface area (TPSA) is 41.6 Å². The standard InChI is InChI=1S/C21H26N2O2/c1-3-22-21-13-19(12-20(15-24)16(21)2)18-6-4-17(5-7-18)14-23-8-10-25-11-9-23/h4-7,12-13,15,22H,3,8-11,14H2,1-2H3. The highest BCUT2D eigenvalue weighted by molar-refractivity contribution is 5.85. The molecular weight excluding hydrogens is 312 g/mol. The van der Waals surface area contributed by atoms with E-state index in [0.717, 1.165) is 73.6 Å². The molecule has 1 heterocycles. The van der Waals surface area contributed by atoms with Crippen molar-refractivity contribution in [2.75, 3.05) is 38.2 Å². The highest BCUT2D eigenvalue weighted by Crippen LogP contribution is 2.28. The lowest BCUT2D eigenvalue weighted by atomic mass is 9.97. The predicted octanol–water partition coefficient (Wildman–Crippen LogP) is 3.74. The number of hydrogen-bond donors (Lipinski definition) is 1. The lowest BCUT2D eigenvalue weighted by Crippen LogP contribution is -2.35. The Labute approximate surface area is 149 Å². The van der Waals surface area contributed by atoms with Crippen LogP contribution in [0.5, 0.6) is 0 Å². The Morgan fingerprint density at radius 2 is 1.84 bits per heavy atom. The Hall–Kier alpha value is -2.17. The van der Waals surface area contributed by atoms with E-state index in [1.54, 1.807) is 0 Å². The van der Waals surface area contributed by atoms with E-state index in [1.807, 2.05) is 13.0 Å². The molecule has 2 aromatic rings. The minimum absolute atomic E-state index is 0.742. The zero-order chi connectivity index (χ0) is 17.6.